The van der Waals surface area contributed by atoms with Crippen molar-refractivity contribution in [3.63, 3.8) is 0 Å². The Morgan fingerprint density at radius 2 is 1.93 bits per heavy atom. The molecule has 1 aliphatic carbocycles. The van der Waals surface area contributed by atoms with Crippen LogP contribution in [0.15, 0.2) is 0 Å². The lowest BCUT2D eigenvalue weighted by atomic mass is 9.74. The van der Waals surface area contributed by atoms with Gasteiger partial charge in [0.1, 0.15) is 0 Å². The van der Waals surface area contributed by atoms with Gasteiger partial charge in [-0.2, -0.15) is 0 Å². The van der Waals surface area contributed by atoms with Crippen LogP contribution in [0, 0.1) is 17.8 Å². The van der Waals surface area contributed by atoms with E-state index in [0.717, 1.165) is 6.42 Å². The maximum absolute atomic E-state index is 11.7. The molecule has 0 aromatic carbocycles. The Labute approximate surface area is 90.6 Å². The van der Waals surface area contributed by atoms with Crippen molar-refractivity contribution in [2.24, 2.45) is 17.8 Å². The van der Waals surface area contributed by atoms with Crippen molar-refractivity contribution in [2.45, 2.75) is 45.4 Å². The molecule has 2 aliphatic rings. The van der Waals surface area contributed by atoms with Gasteiger partial charge < -0.3 is 0 Å². The fourth-order valence-electron chi connectivity index (χ4n) is 3.20. The largest absolute Gasteiger partial charge is 0.296 e. The van der Waals surface area contributed by atoms with Crippen LogP contribution in [0.4, 0.5) is 0 Å². The van der Waals surface area contributed by atoms with Crippen molar-refractivity contribution < 1.29 is 9.59 Å². The lowest BCUT2D eigenvalue weighted by molar-refractivity contribution is -0.140. The molecule has 1 saturated heterocycles. The molecule has 2 rings (SSSR count). The number of carbonyl (C=O) groups excluding carboxylic acids is 2. The topological polar surface area (TPSA) is 46.2 Å². The summed E-state index contributed by atoms with van der Waals surface area (Å²) < 4.78 is 0. The number of piperidine rings is 1. The summed E-state index contributed by atoms with van der Waals surface area (Å²) in [6.07, 6.45) is 6.39. The highest BCUT2D eigenvalue weighted by molar-refractivity contribution is 5.99. The van der Waals surface area contributed by atoms with E-state index in [4.69, 9.17) is 0 Å². The van der Waals surface area contributed by atoms with E-state index in [0.29, 0.717) is 18.3 Å². The molecule has 15 heavy (non-hydrogen) atoms. The Bertz CT molecular complexity index is 269. The average Bonchev–Trinajstić information content (AvgIpc) is 2.69. The first-order valence-corrected chi connectivity index (χ1v) is 6.06. The van der Waals surface area contributed by atoms with Crippen LogP contribution >= 0.6 is 0 Å². The molecule has 2 atom stereocenters. The number of amides is 2. The maximum Gasteiger partial charge on any atom is 0.229 e. The number of nitrogens with one attached hydrogen (secondary N) is 1. The lowest BCUT2D eigenvalue weighted by Crippen LogP contribution is -2.47. The second kappa shape index (κ2) is 4.33. The van der Waals surface area contributed by atoms with Gasteiger partial charge in [0, 0.05) is 12.3 Å². The third-order valence-electron chi connectivity index (χ3n) is 3.98. The van der Waals surface area contributed by atoms with Crippen molar-refractivity contribution in [1.82, 2.24) is 5.32 Å². The number of rotatable bonds is 2. The molecule has 1 saturated carbocycles. The molecule has 84 valence electrons. The van der Waals surface area contributed by atoms with E-state index in [1.54, 1.807) is 0 Å². The fraction of sp³-hybridized carbons (Fsp3) is 0.833. The third-order valence-corrected chi connectivity index (χ3v) is 3.98. The van der Waals surface area contributed by atoms with Gasteiger partial charge in [-0.25, -0.2) is 0 Å². The predicted molar refractivity (Wildman–Crippen MR) is 57.0 cm³/mol. The summed E-state index contributed by atoms with van der Waals surface area (Å²) >= 11 is 0. The number of imide groups is 1. The van der Waals surface area contributed by atoms with E-state index >= 15 is 0 Å². The van der Waals surface area contributed by atoms with Crippen molar-refractivity contribution in [1.29, 1.82) is 0 Å². The van der Waals surface area contributed by atoms with E-state index in [9.17, 15) is 9.59 Å². The van der Waals surface area contributed by atoms with Crippen LogP contribution in [0.5, 0.6) is 0 Å². The van der Waals surface area contributed by atoms with Gasteiger partial charge in [-0.05, 0) is 18.3 Å². The van der Waals surface area contributed by atoms with Gasteiger partial charge in [-0.3, -0.25) is 14.9 Å². The lowest BCUT2D eigenvalue weighted by Gasteiger charge is -2.33. The molecule has 1 heterocycles. The first-order valence-electron chi connectivity index (χ1n) is 6.06. The van der Waals surface area contributed by atoms with E-state index in [2.05, 4.69) is 5.32 Å². The summed E-state index contributed by atoms with van der Waals surface area (Å²) in [4.78, 5) is 23.0. The Kier molecular flexibility index (Phi) is 3.08. The van der Waals surface area contributed by atoms with E-state index in [1.165, 1.54) is 25.7 Å². The second-order valence-corrected chi connectivity index (χ2v) is 4.84. The zero-order valence-electron chi connectivity index (χ0n) is 9.29. The summed E-state index contributed by atoms with van der Waals surface area (Å²) in [6.45, 7) is 2.04. The molecule has 0 aromatic rings. The molecule has 2 fully saturated rings. The van der Waals surface area contributed by atoms with Crippen LogP contribution < -0.4 is 5.32 Å². The van der Waals surface area contributed by atoms with Crippen LogP contribution in [0.3, 0.4) is 0 Å². The third kappa shape index (κ3) is 2.06. The molecule has 0 aromatic heterocycles. The minimum atomic E-state index is -0.0680. The Hall–Kier alpha value is -0.860. The molecular weight excluding hydrogens is 190 g/mol. The summed E-state index contributed by atoms with van der Waals surface area (Å²) in [5.74, 6) is 0.904. The standard InChI is InChI=1S/C12H19NO2/c1-2-9-10(8-5-3-4-6-8)7-11(14)13-12(9)15/h8-10H,2-7H2,1H3,(H,13,14,15). The van der Waals surface area contributed by atoms with Crippen LogP contribution in [0.1, 0.15) is 45.4 Å². The van der Waals surface area contributed by atoms with Gasteiger partial charge >= 0.3 is 0 Å². The van der Waals surface area contributed by atoms with Crippen molar-refractivity contribution >= 4 is 11.8 Å². The molecule has 3 heteroatoms. The van der Waals surface area contributed by atoms with Crippen LogP contribution in [-0.4, -0.2) is 11.8 Å². The number of hydrogen-bond acceptors (Lipinski definition) is 2. The highest BCUT2D eigenvalue weighted by atomic mass is 16.2. The van der Waals surface area contributed by atoms with Gasteiger partial charge in [0.25, 0.3) is 0 Å². The molecule has 3 nitrogen and oxygen atoms in total. The molecule has 0 spiro atoms. The van der Waals surface area contributed by atoms with Crippen LogP contribution in [0.2, 0.25) is 0 Å². The summed E-state index contributed by atoms with van der Waals surface area (Å²) in [7, 11) is 0. The monoisotopic (exact) mass is 209 g/mol. The van der Waals surface area contributed by atoms with Gasteiger partial charge in [0.05, 0.1) is 0 Å². The number of hydrogen-bond donors (Lipinski definition) is 1. The van der Waals surface area contributed by atoms with Gasteiger partial charge in [0.2, 0.25) is 11.8 Å². The minimum absolute atomic E-state index is 0.0364. The molecule has 1 aliphatic heterocycles. The van der Waals surface area contributed by atoms with Crippen molar-refractivity contribution in [3.8, 4) is 0 Å². The minimum Gasteiger partial charge on any atom is -0.296 e. The predicted octanol–water partition coefficient (Wildman–Crippen LogP) is 1.87. The van der Waals surface area contributed by atoms with Crippen LogP contribution in [0.25, 0.3) is 0 Å². The van der Waals surface area contributed by atoms with Crippen molar-refractivity contribution in [3.05, 3.63) is 0 Å². The summed E-state index contributed by atoms with van der Waals surface area (Å²) in [5.41, 5.74) is 0. The zero-order chi connectivity index (χ0) is 10.8. The number of carbonyl (C=O) groups is 2. The van der Waals surface area contributed by atoms with Crippen molar-refractivity contribution in [2.75, 3.05) is 0 Å². The normalized spacial score (nSPS) is 33.1. The molecule has 0 bridgehead atoms. The average molecular weight is 209 g/mol. The Morgan fingerprint density at radius 1 is 1.27 bits per heavy atom. The van der Waals surface area contributed by atoms with E-state index in [-0.39, 0.29) is 17.7 Å². The Balaban J connectivity index is 2.11. The quantitative estimate of drug-likeness (QED) is 0.706. The van der Waals surface area contributed by atoms with Gasteiger partial charge in [0.15, 0.2) is 0 Å². The molecule has 2 amide bonds. The molecular formula is C12H19NO2. The SMILES string of the molecule is CCC1C(=O)NC(=O)CC1C1CCCC1. The van der Waals surface area contributed by atoms with E-state index in [1.807, 2.05) is 6.92 Å². The first-order chi connectivity index (χ1) is 7.22. The second-order valence-electron chi connectivity index (χ2n) is 4.84. The first kappa shape index (κ1) is 10.7. The molecule has 0 radical (unpaired) electrons. The molecule has 1 N–H and O–H groups in total. The smallest absolute Gasteiger partial charge is 0.229 e. The highest BCUT2D eigenvalue weighted by Crippen LogP contribution is 2.39. The highest BCUT2D eigenvalue weighted by Gasteiger charge is 2.39. The fourth-order valence-corrected chi connectivity index (χ4v) is 3.20. The summed E-state index contributed by atoms with van der Waals surface area (Å²) in [6, 6.07) is 0. The molecule has 2 unspecified atom stereocenters. The van der Waals surface area contributed by atoms with E-state index < -0.39 is 0 Å². The van der Waals surface area contributed by atoms with Gasteiger partial charge in [-0.1, -0.05) is 32.6 Å². The Morgan fingerprint density at radius 3 is 2.53 bits per heavy atom. The zero-order valence-corrected chi connectivity index (χ0v) is 9.29. The van der Waals surface area contributed by atoms with Crippen LogP contribution in [-0.2, 0) is 9.59 Å². The summed E-state index contributed by atoms with van der Waals surface area (Å²) in [5, 5.41) is 2.46. The van der Waals surface area contributed by atoms with Gasteiger partial charge in [-0.15, -0.1) is 0 Å². The maximum atomic E-state index is 11.7.